The van der Waals surface area contributed by atoms with E-state index in [1.54, 1.807) is 13.0 Å². The Morgan fingerprint density at radius 2 is 2.00 bits per heavy atom. The zero-order valence-electron chi connectivity index (χ0n) is 16.8. The molecule has 8 nitrogen and oxygen atoms in total. The molecule has 1 N–H and O–H groups in total. The van der Waals surface area contributed by atoms with Gasteiger partial charge in [0.1, 0.15) is 17.2 Å². The molecule has 3 aromatic heterocycles. The van der Waals surface area contributed by atoms with Gasteiger partial charge in [-0.3, -0.25) is 4.79 Å². The Kier molecular flexibility index (Phi) is 4.46. The van der Waals surface area contributed by atoms with Crippen molar-refractivity contribution >= 4 is 5.91 Å². The van der Waals surface area contributed by atoms with Gasteiger partial charge in [-0.1, -0.05) is 6.07 Å². The van der Waals surface area contributed by atoms with Crippen LogP contribution in [0.4, 0.5) is 0 Å². The average Bonchev–Trinajstić information content (AvgIpc) is 3.13. The molecule has 0 saturated heterocycles. The second-order valence-electron chi connectivity index (χ2n) is 7.51. The molecule has 0 aliphatic heterocycles. The van der Waals surface area contributed by atoms with Crippen LogP contribution in [0.2, 0.25) is 0 Å². The minimum Gasteiger partial charge on any atom is -0.465 e. The van der Waals surface area contributed by atoms with Gasteiger partial charge in [0.2, 0.25) is 5.89 Å². The lowest BCUT2D eigenvalue weighted by molar-refractivity contribution is 0.0948. The quantitative estimate of drug-likeness (QED) is 0.523. The van der Waals surface area contributed by atoms with Gasteiger partial charge < -0.3 is 14.2 Å². The topological polar surface area (TPSA) is 99.0 Å². The molecule has 152 valence electrons. The fourth-order valence-electron chi connectivity index (χ4n) is 3.41. The Bertz CT molecular complexity index is 1220. The highest BCUT2D eigenvalue weighted by Gasteiger charge is 2.30. The fraction of sp³-hybridized carbons (Fsp3) is 0.273. The van der Waals surface area contributed by atoms with E-state index in [4.69, 9.17) is 13.9 Å². The van der Waals surface area contributed by atoms with E-state index >= 15 is 0 Å². The highest BCUT2D eigenvalue weighted by atomic mass is 16.4. The van der Waals surface area contributed by atoms with Gasteiger partial charge >= 0.3 is 0 Å². The molecule has 5 rings (SSSR count). The van der Waals surface area contributed by atoms with E-state index in [-0.39, 0.29) is 5.91 Å². The first-order chi connectivity index (χ1) is 14.6. The average molecular weight is 403 g/mol. The first-order valence-corrected chi connectivity index (χ1v) is 9.91. The summed E-state index contributed by atoms with van der Waals surface area (Å²) in [6.45, 7) is 3.97. The maximum Gasteiger partial charge on any atom is 0.268 e. The molecule has 1 fully saturated rings. The molecule has 1 aliphatic rings. The number of hydrogen-bond donors (Lipinski definition) is 1. The Morgan fingerprint density at radius 1 is 1.13 bits per heavy atom. The number of aromatic nitrogens is 4. The van der Waals surface area contributed by atoms with Crippen LogP contribution >= 0.6 is 0 Å². The second kappa shape index (κ2) is 7.29. The standard InChI is InChI=1S/C22H21N5O3/c1-13-6-9-18(29-13)12-23-21(28)16-4-3-5-17(10-16)27-20(15-7-8-15)11-19(26-27)22-25-24-14(2)30-22/h3-6,9-11,15H,7-8,12H2,1-2H3,(H,23,28). The molecule has 1 amide bonds. The van der Waals surface area contributed by atoms with Crippen molar-refractivity contribution in [1.82, 2.24) is 25.3 Å². The van der Waals surface area contributed by atoms with E-state index in [1.165, 1.54) is 0 Å². The van der Waals surface area contributed by atoms with Crippen LogP contribution in [0, 0.1) is 13.8 Å². The predicted octanol–water partition coefficient (Wildman–Crippen LogP) is 3.94. The SMILES string of the molecule is Cc1ccc(CNC(=O)c2cccc(-n3nc(-c4nnc(C)o4)cc3C3CC3)c2)o1. The van der Waals surface area contributed by atoms with Crippen LogP contribution in [-0.2, 0) is 6.54 Å². The lowest BCUT2D eigenvalue weighted by atomic mass is 10.1. The van der Waals surface area contributed by atoms with Gasteiger partial charge in [0, 0.05) is 24.1 Å². The summed E-state index contributed by atoms with van der Waals surface area (Å²) in [5, 5.41) is 15.6. The molecule has 0 unspecified atom stereocenters. The number of benzene rings is 1. The van der Waals surface area contributed by atoms with E-state index in [0.717, 1.165) is 35.7 Å². The zero-order chi connectivity index (χ0) is 20.7. The number of aryl methyl sites for hydroxylation is 2. The number of nitrogens with one attached hydrogen (secondary N) is 1. The predicted molar refractivity (Wildman–Crippen MR) is 108 cm³/mol. The number of furan rings is 1. The number of carbonyl (C=O) groups is 1. The van der Waals surface area contributed by atoms with Gasteiger partial charge in [0.05, 0.1) is 12.2 Å². The minimum absolute atomic E-state index is 0.168. The third-order valence-electron chi connectivity index (χ3n) is 5.05. The van der Waals surface area contributed by atoms with Crippen molar-refractivity contribution < 1.29 is 13.6 Å². The molecule has 8 heteroatoms. The van der Waals surface area contributed by atoms with Gasteiger partial charge in [-0.25, -0.2) is 4.68 Å². The maximum absolute atomic E-state index is 12.7. The second-order valence-corrected chi connectivity index (χ2v) is 7.51. The largest absolute Gasteiger partial charge is 0.465 e. The van der Waals surface area contributed by atoms with E-state index in [9.17, 15) is 4.79 Å². The summed E-state index contributed by atoms with van der Waals surface area (Å²) in [5.41, 5.74) is 3.11. The highest BCUT2D eigenvalue weighted by molar-refractivity contribution is 5.94. The lowest BCUT2D eigenvalue weighted by Crippen LogP contribution is -2.22. The number of rotatable bonds is 6. The van der Waals surface area contributed by atoms with Crippen molar-refractivity contribution in [2.24, 2.45) is 0 Å². The van der Waals surface area contributed by atoms with Crippen LogP contribution in [0.15, 0.2) is 51.3 Å². The van der Waals surface area contributed by atoms with Crippen LogP contribution in [0.3, 0.4) is 0 Å². The van der Waals surface area contributed by atoms with Crippen molar-refractivity contribution in [1.29, 1.82) is 0 Å². The summed E-state index contributed by atoms with van der Waals surface area (Å²) in [6, 6.07) is 13.2. The summed E-state index contributed by atoms with van der Waals surface area (Å²) >= 11 is 0. The van der Waals surface area contributed by atoms with Crippen molar-refractivity contribution in [2.45, 2.75) is 39.2 Å². The Balaban J connectivity index is 1.42. The summed E-state index contributed by atoms with van der Waals surface area (Å²) in [6.07, 6.45) is 2.24. The molecule has 3 heterocycles. The lowest BCUT2D eigenvalue weighted by Gasteiger charge is -2.09. The molecule has 0 atom stereocenters. The van der Waals surface area contributed by atoms with Crippen LogP contribution in [-0.4, -0.2) is 25.9 Å². The van der Waals surface area contributed by atoms with Crippen LogP contribution in [0.1, 0.15) is 52.2 Å². The van der Waals surface area contributed by atoms with E-state index < -0.39 is 0 Å². The number of nitrogens with zero attached hydrogens (tertiary/aromatic N) is 4. The van der Waals surface area contributed by atoms with Gasteiger partial charge in [0.25, 0.3) is 11.8 Å². The molecular formula is C22H21N5O3. The molecule has 1 aliphatic carbocycles. The van der Waals surface area contributed by atoms with Gasteiger partial charge in [-0.15, -0.1) is 10.2 Å². The first kappa shape index (κ1) is 18.4. The monoisotopic (exact) mass is 403 g/mol. The van der Waals surface area contributed by atoms with Crippen LogP contribution in [0.5, 0.6) is 0 Å². The van der Waals surface area contributed by atoms with E-state index in [0.29, 0.717) is 35.5 Å². The van der Waals surface area contributed by atoms with Gasteiger partial charge in [-0.05, 0) is 56.2 Å². The Morgan fingerprint density at radius 3 is 2.70 bits per heavy atom. The Labute approximate surface area is 172 Å². The summed E-state index contributed by atoms with van der Waals surface area (Å²) in [5.74, 6) is 2.72. The van der Waals surface area contributed by atoms with Crippen molar-refractivity contribution in [3.8, 4) is 17.3 Å². The van der Waals surface area contributed by atoms with Gasteiger partial charge in [-0.2, -0.15) is 5.10 Å². The minimum atomic E-state index is -0.168. The van der Waals surface area contributed by atoms with Crippen LogP contribution < -0.4 is 5.32 Å². The molecule has 0 bridgehead atoms. The third-order valence-corrected chi connectivity index (χ3v) is 5.05. The summed E-state index contributed by atoms with van der Waals surface area (Å²) in [4.78, 5) is 12.7. The van der Waals surface area contributed by atoms with Crippen molar-refractivity contribution in [2.75, 3.05) is 0 Å². The molecule has 0 spiro atoms. The molecule has 30 heavy (non-hydrogen) atoms. The first-order valence-electron chi connectivity index (χ1n) is 9.91. The Hall–Kier alpha value is -3.68. The number of amides is 1. The van der Waals surface area contributed by atoms with Gasteiger partial charge in [0.15, 0.2) is 0 Å². The maximum atomic E-state index is 12.7. The third kappa shape index (κ3) is 3.63. The molecule has 1 aromatic carbocycles. The van der Waals surface area contributed by atoms with E-state index in [2.05, 4.69) is 15.5 Å². The zero-order valence-corrected chi connectivity index (χ0v) is 16.8. The molecule has 4 aromatic rings. The highest BCUT2D eigenvalue weighted by Crippen LogP contribution is 2.42. The smallest absolute Gasteiger partial charge is 0.268 e. The normalized spacial score (nSPS) is 13.5. The summed E-state index contributed by atoms with van der Waals surface area (Å²) in [7, 11) is 0. The molecule has 0 radical (unpaired) electrons. The molecule has 1 saturated carbocycles. The number of hydrogen-bond acceptors (Lipinski definition) is 6. The van der Waals surface area contributed by atoms with E-state index in [1.807, 2.05) is 48.0 Å². The fourth-order valence-corrected chi connectivity index (χ4v) is 3.41. The van der Waals surface area contributed by atoms with Crippen LogP contribution in [0.25, 0.3) is 17.3 Å². The molecular weight excluding hydrogens is 382 g/mol. The number of carbonyl (C=O) groups excluding carboxylic acids is 1. The van der Waals surface area contributed by atoms with Crippen molar-refractivity contribution in [3.63, 3.8) is 0 Å². The summed E-state index contributed by atoms with van der Waals surface area (Å²) < 4.78 is 12.9. The van der Waals surface area contributed by atoms with Crippen molar-refractivity contribution in [3.05, 3.63) is 71.1 Å².